The number of hydrogen-bond acceptors (Lipinski definition) is 8. The summed E-state index contributed by atoms with van der Waals surface area (Å²) in [5, 5.41) is 4.01. The highest BCUT2D eigenvalue weighted by Crippen LogP contribution is 2.36. The van der Waals surface area contributed by atoms with Crippen molar-refractivity contribution < 1.29 is 17.9 Å². The minimum Gasteiger partial charge on any atom is -0.494 e. The fourth-order valence-electron chi connectivity index (χ4n) is 5.60. The van der Waals surface area contributed by atoms with E-state index in [0.29, 0.717) is 18.7 Å². The third kappa shape index (κ3) is 5.97. The number of nitrogens with one attached hydrogen (secondary N) is 1. The lowest BCUT2D eigenvalue weighted by Crippen LogP contribution is -2.48. The Morgan fingerprint density at radius 3 is 2.52 bits per heavy atom. The van der Waals surface area contributed by atoms with Crippen LogP contribution in [-0.4, -0.2) is 87.5 Å². The molecule has 2 saturated heterocycles. The van der Waals surface area contributed by atoms with Crippen molar-refractivity contribution in [2.75, 3.05) is 57.8 Å². The van der Waals surface area contributed by atoms with Gasteiger partial charge in [-0.1, -0.05) is 30.7 Å². The topological polar surface area (TPSA) is 95.1 Å². The van der Waals surface area contributed by atoms with Gasteiger partial charge < -0.3 is 15.0 Å². The van der Waals surface area contributed by atoms with Gasteiger partial charge in [0.2, 0.25) is 10.0 Å². The van der Waals surface area contributed by atoms with Gasteiger partial charge in [-0.2, -0.15) is 4.31 Å². The normalized spacial score (nSPS) is 19.2. The molecule has 0 saturated carbocycles. The maximum Gasteiger partial charge on any atom is 0.251 e. The van der Waals surface area contributed by atoms with Crippen LogP contribution in [0.2, 0.25) is 0 Å². The lowest BCUT2D eigenvalue weighted by atomic mass is 10.0. The minimum absolute atomic E-state index is 0.0532. The Hall–Kier alpha value is -2.73. The molecule has 2 aromatic carbocycles. The maximum atomic E-state index is 13.2. The highest BCUT2D eigenvalue weighted by atomic mass is 32.2. The van der Waals surface area contributed by atoms with Crippen LogP contribution in [0.15, 0.2) is 41.3 Å². The van der Waals surface area contributed by atoms with Crippen LogP contribution >= 0.6 is 11.3 Å². The second-order valence-electron chi connectivity index (χ2n) is 10.5. The Balaban J connectivity index is 1.10. The van der Waals surface area contributed by atoms with Gasteiger partial charge in [-0.05, 0) is 62.1 Å². The first kappa shape index (κ1) is 28.8. The molecule has 2 aliphatic heterocycles. The zero-order valence-electron chi connectivity index (χ0n) is 23.6. The van der Waals surface area contributed by atoms with Crippen LogP contribution < -0.4 is 15.0 Å². The summed E-state index contributed by atoms with van der Waals surface area (Å²) in [5.74, 6) is 0.617. The van der Waals surface area contributed by atoms with E-state index < -0.39 is 10.0 Å². The minimum atomic E-state index is -3.55. The van der Waals surface area contributed by atoms with Gasteiger partial charge in [0.05, 0.1) is 16.7 Å². The number of fused-ring (bicyclic) bond motifs is 1. The van der Waals surface area contributed by atoms with Gasteiger partial charge in [0.15, 0.2) is 5.13 Å². The van der Waals surface area contributed by atoms with Gasteiger partial charge in [0.25, 0.3) is 5.91 Å². The summed E-state index contributed by atoms with van der Waals surface area (Å²) in [5.41, 5.74) is 2.60. The standard InChI is InChI=1S/C29H39N5O4S2/c1-4-23-7-5-6-15-34(23)40(36,37)24-11-9-22(10-12-24)28(35)30-14-16-32-17-19-33(20-18-32)29-31-26-25(38-3)13-8-21(2)27(26)39-29/h8-13,23H,4-7,14-20H2,1-3H3,(H,30,35). The summed E-state index contributed by atoms with van der Waals surface area (Å²) >= 11 is 1.71. The molecular formula is C29H39N5O4S2. The summed E-state index contributed by atoms with van der Waals surface area (Å²) in [7, 11) is -1.88. The van der Waals surface area contributed by atoms with E-state index in [4.69, 9.17) is 9.72 Å². The van der Waals surface area contributed by atoms with E-state index in [1.165, 1.54) is 10.3 Å². The van der Waals surface area contributed by atoms with Crippen LogP contribution in [0.3, 0.4) is 0 Å². The lowest BCUT2D eigenvalue weighted by molar-refractivity contribution is 0.0947. The van der Waals surface area contributed by atoms with E-state index in [-0.39, 0.29) is 16.8 Å². The second-order valence-corrected chi connectivity index (χ2v) is 13.4. The van der Waals surface area contributed by atoms with Crippen molar-refractivity contribution in [3.63, 3.8) is 0 Å². The number of carbonyl (C=O) groups excluding carboxylic acids is 1. The first-order valence-electron chi connectivity index (χ1n) is 14.1. The molecular weight excluding hydrogens is 546 g/mol. The summed E-state index contributed by atoms with van der Waals surface area (Å²) < 4.78 is 34.7. The number of sulfonamides is 1. The van der Waals surface area contributed by atoms with Crippen molar-refractivity contribution in [3.8, 4) is 5.75 Å². The van der Waals surface area contributed by atoms with E-state index in [0.717, 1.165) is 74.8 Å². The lowest BCUT2D eigenvalue weighted by Gasteiger charge is -2.34. The average molecular weight is 586 g/mol. The molecule has 2 fully saturated rings. The van der Waals surface area contributed by atoms with Crippen molar-refractivity contribution in [1.29, 1.82) is 0 Å². The van der Waals surface area contributed by atoms with Crippen LogP contribution in [0.25, 0.3) is 10.2 Å². The van der Waals surface area contributed by atoms with Crippen molar-refractivity contribution in [3.05, 3.63) is 47.5 Å². The molecule has 0 bridgehead atoms. The van der Waals surface area contributed by atoms with Gasteiger partial charge in [-0.3, -0.25) is 9.69 Å². The van der Waals surface area contributed by atoms with Crippen LogP contribution in [-0.2, 0) is 10.0 Å². The maximum absolute atomic E-state index is 13.2. The van der Waals surface area contributed by atoms with Gasteiger partial charge in [0.1, 0.15) is 11.3 Å². The predicted octanol–water partition coefficient (Wildman–Crippen LogP) is 4.12. The molecule has 0 radical (unpaired) electrons. The third-order valence-corrected chi connectivity index (χ3v) is 11.3. The molecule has 11 heteroatoms. The first-order valence-corrected chi connectivity index (χ1v) is 16.4. The monoisotopic (exact) mass is 585 g/mol. The molecule has 216 valence electrons. The number of hydrogen-bond donors (Lipinski definition) is 1. The molecule has 0 spiro atoms. The zero-order chi connectivity index (χ0) is 28.3. The molecule has 5 rings (SSSR count). The number of piperidine rings is 1. The number of benzene rings is 2. The van der Waals surface area contributed by atoms with Gasteiger partial charge in [-0.25, -0.2) is 13.4 Å². The molecule has 1 atom stereocenters. The summed E-state index contributed by atoms with van der Waals surface area (Å²) in [6, 6.07) is 10.4. The van der Waals surface area contributed by atoms with Crippen LogP contribution in [0.1, 0.15) is 48.5 Å². The number of methoxy groups -OCH3 is 1. The van der Waals surface area contributed by atoms with Crippen molar-refractivity contribution in [2.45, 2.75) is 50.5 Å². The number of anilines is 1. The fraction of sp³-hybridized carbons (Fsp3) is 0.517. The third-order valence-electron chi connectivity index (χ3n) is 8.04. The number of nitrogens with zero attached hydrogens (tertiary/aromatic N) is 4. The molecule has 3 aromatic rings. The molecule has 1 aromatic heterocycles. The van der Waals surface area contributed by atoms with Gasteiger partial charge >= 0.3 is 0 Å². The van der Waals surface area contributed by atoms with Crippen LogP contribution in [0.4, 0.5) is 5.13 Å². The number of thiazole rings is 1. The summed E-state index contributed by atoms with van der Waals surface area (Å²) in [6.45, 7) is 9.52. The highest BCUT2D eigenvalue weighted by molar-refractivity contribution is 7.89. The van der Waals surface area contributed by atoms with Crippen molar-refractivity contribution in [2.24, 2.45) is 0 Å². The quantitative estimate of drug-likeness (QED) is 0.404. The van der Waals surface area contributed by atoms with Crippen molar-refractivity contribution >= 4 is 42.6 Å². The number of piperazine rings is 1. The number of aromatic nitrogens is 1. The molecule has 1 amide bonds. The van der Waals surface area contributed by atoms with Gasteiger partial charge in [0, 0.05) is 57.4 Å². The van der Waals surface area contributed by atoms with Crippen molar-refractivity contribution in [1.82, 2.24) is 19.5 Å². The Labute approximate surface area is 241 Å². The Bertz CT molecular complexity index is 1430. The Morgan fingerprint density at radius 1 is 1.07 bits per heavy atom. The molecule has 3 heterocycles. The number of carbonyl (C=O) groups is 1. The number of rotatable bonds is 9. The number of aryl methyl sites for hydroxylation is 1. The van der Waals surface area contributed by atoms with E-state index in [1.54, 1.807) is 47.0 Å². The SMILES string of the molecule is CCC1CCCCN1S(=O)(=O)c1ccc(C(=O)NCCN2CCN(c3nc4c(OC)ccc(C)c4s3)CC2)cc1. The highest BCUT2D eigenvalue weighted by Gasteiger charge is 2.32. The Morgan fingerprint density at radius 2 is 1.82 bits per heavy atom. The molecule has 40 heavy (non-hydrogen) atoms. The van der Waals surface area contributed by atoms with Gasteiger partial charge in [-0.15, -0.1) is 0 Å². The predicted molar refractivity (Wildman–Crippen MR) is 160 cm³/mol. The molecule has 2 aliphatic rings. The zero-order valence-corrected chi connectivity index (χ0v) is 25.2. The largest absolute Gasteiger partial charge is 0.494 e. The Kier molecular flexibility index (Phi) is 8.94. The molecule has 1 unspecified atom stereocenters. The van der Waals surface area contributed by atoms with E-state index in [2.05, 4.69) is 28.1 Å². The first-order chi connectivity index (χ1) is 19.3. The summed E-state index contributed by atoms with van der Waals surface area (Å²) in [6.07, 6.45) is 3.67. The van der Waals surface area contributed by atoms with E-state index >= 15 is 0 Å². The van der Waals surface area contributed by atoms with E-state index in [9.17, 15) is 13.2 Å². The number of amides is 1. The number of ether oxygens (including phenoxy) is 1. The van der Waals surface area contributed by atoms with Crippen LogP contribution in [0.5, 0.6) is 5.75 Å². The van der Waals surface area contributed by atoms with E-state index in [1.807, 2.05) is 13.0 Å². The average Bonchev–Trinajstić information content (AvgIpc) is 3.44. The van der Waals surface area contributed by atoms with Crippen LogP contribution in [0, 0.1) is 6.92 Å². The second kappa shape index (κ2) is 12.4. The molecule has 0 aliphatic carbocycles. The molecule has 1 N–H and O–H groups in total. The smallest absolute Gasteiger partial charge is 0.251 e. The molecule has 9 nitrogen and oxygen atoms in total. The summed E-state index contributed by atoms with van der Waals surface area (Å²) in [4.78, 5) is 22.5. The fourth-order valence-corrected chi connectivity index (χ4v) is 8.47.